The van der Waals surface area contributed by atoms with Crippen molar-refractivity contribution in [1.29, 1.82) is 0 Å². The average molecular weight is 266 g/mol. The van der Waals surface area contributed by atoms with E-state index in [4.69, 9.17) is 4.52 Å². The van der Waals surface area contributed by atoms with E-state index in [2.05, 4.69) is 20.8 Å². The SMILES string of the molecule is CCNCCNC(=O)CCCc1nc(C2CC2)no1. The maximum absolute atomic E-state index is 11.5. The second-order valence-corrected chi connectivity index (χ2v) is 4.88. The lowest BCUT2D eigenvalue weighted by molar-refractivity contribution is -0.121. The average Bonchev–Trinajstić information content (AvgIpc) is 3.15. The van der Waals surface area contributed by atoms with Crippen molar-refractivity contribution in [3.63, 3.8) is 0 Å². The molecule has 0 radical (unpaired) electrons. The van der Waals surface area contributed by atoms with Gasteiger partial charge in [-0.15, -0.1) is 0 Å². The second kappa shape index (κ2) is 7.23. The largest absolute Gasteiger partial charge is 0.355 e. The Kier molecular flexibility index (Phi) is 5.32. The van der Waals surface area contributed by atoms with Crippen LogP contribution in [0.5, 0.6) is 0 Å². The highest BCUT2D eigenvalue weighted by Crippen LogP contribution is 2.38. The molecule has 106 valence electrons. The Balaban J connectivity index is 1.56. The molecule has 0 atom stereocenters. The van der Waals surface area contributed by atoms with Gasteiger partial charge in [-0.3, -0.25) is 4.79 Å². The fraction of sp³-hybridized carbons (Fsp3) is 0.769. The van der Waals surface area contributed by atoms with Gasteiger partial charge in [0, 0.05) is 31.8 Å². The first kappa shape index (κ1) is 14.0. The van der Waals surface area contributed by atoms with Crippen LogP contribution in [0, 0.1) is 0 Å². The molecule has 1 saturated carbocycles. The number of hydrogen-bond donors (Lipinski definition) is 2. The zero-order valence-corrected chi connectivity index (χ0v) is 11.4. The van der Waals surface area contributed by atoms with Gasteiger partial charge >= 0.3 is 0 Å². The molecule has 1 amide bonds. The van der Waals surface area contributed by atoms with Crippen molar-refractivity contribution in [2.75, 3.05) is 19.6 Å². The van der Waals surface area contributed by atoms with Crippen molar-refractivity contribution in [2.45, 2.75) is 44.9 Å². The zero-order valence-electron chi connectivity index (χ0n) is 11.4. The monoisotopic (exact) mass is 266 g/mol. The summed E-state index contributed by atoms with van der Waals surface area (Å²) < 4.78 is 5.16. The first-order valence-electron chi connectivity index (χ1n) is 7.09. The van der Waals surface area contributed by atoms with Crippen LogP contribution >= 0.6 is 0 Å². The van der Waals surface area contributed by atoms with Crippen LogP contribution in [0.4, 0.5) is 0 Å². The highest BCUT2D eigenvalue weighted by atomic mass is 16.5. The van der Waals surface area contributed by atoms with Crippen molar-refractivity contribution in [3.8, 4) is 0 Å². The number of rotatable bonds is 9. The summed E-state index contributed by atoms with van der Waals surface area (Å²) in [6, 6.07) is 0. The molecule has 1 aromatic heterocycles. The van der Waals surface area contributed by atoms with Gasteiger partial charge in [-0.1, -0.05) is 12.1 Å². The second-order valence-electron chi connectivity index (χ2n) is 4.88. The number of carbonyl (C=O) groups is 1. The molecular weight excluding hydrogens is 244 g/mol. The Hall–Kier alpha value is -1.43. The Morgan fingerprint density at radius 3 is 3.00 bits per heavy atom. The molecule has 19 heavy (non-hydrogen) atoms. The third-order valence-electron chi connectivity index (χ3n) is 3.09. The van der Waals surface area contributed by atoms with E-state index in [1.54, 1.807) is 0 Å². The van der Waals surface area contributed by atoms with E-state index in [0.717, 1.165) is 25.3 Å². The number of carbonyl (C=O) groups excluding carboxylic acids is 1. The zero-order chi connectivity index (χ0) is 13.5. The predicted molar refractivity (Wildman–Crippen MR) is 70.8 cm³/mol. The molecule has 1 fully saturated rings. The lowest BCUT2D eigenvalue weighted by atomic mass is 10.2. The van der Waals surface area contributed by atoms with Gasteiger partial charge in [0.15, 0.2) is 5.82 Å². The predicted octanol–water partition coefficient (Wildman–Crippen LogP) is 0.995. The van der Waals surface area contributed by atoms with Crippen LogP contribution in [0.2, 0.25) is 0 Å². The lowest BCUT2D eigenvalue weighted by Gasteiger charge is -2.04. The van der Waals surface area contributed by atoms with E-state index in [0.29, 0.717) is 31.2 Å². The maximum Gasteiger partial charge on any atom is 0.226 e. The minimum Gasteiger partial charge on any atom is -0.355 e. The summed E-state index contributed by atoms with van der Waals surface area (Å²) in [6.45, 7) is 4.47. The Bertz CT molecular complexity index is 401. The smallest absolute Gasteiger partial charge is 0.226 e. The molecule has 0 spiro atoms. The van der Waals surface area contributed by atoms with Gasteiger partial charge in [0.25, 0.3) is 0 Å². The number of nitrogens with zero attached hydrogens (tertiary/aromatic N) is 2. The number of hydrogen-bond acceptors (Lipinski definition) is 5. The van der Waals surface area contributed by atoms with Crippen LogP contribution < -0.4 is 10.6 Å². The molecular formula is C13H22N4O2. The van der Waals surface area contributed by atoms with Crippen molar-refractivity contribution in [3.05, 3.63) is 11.7 Å². The summed E-state index contributed by atoms with van der Waals surface area (Å²) in [5.74, 6) is 2.10. The normalized spacial score (nSPS) is 14.6. The molecule has 0 aliphatic heterocycles. The van der Waals surface area contributed by atoms with E-state index in [1.165, 1.54) is 12.8 Å². The molecule has 1 aliphatic carbocycles. The van der Waals surface area contributed by atoms with E-state index < -0.39 is 0 Å². The minimum absolute atomic E-state index is 0.0832. The molecule has 0 aromatic carbocycles. The van der Waals surface area contributed by atoms with Crippen molar-refractivity contribution < 1.29 is 9.32 Å². The van der Waals surface area contributed by atoms with Gasteiger partial charge in [-0.25, -0.2) is 0 Å². The molecule has 1 aromatic rings. The fourth-order valence-electron chi connectivity index (χ4n) is 1.83. The topological polar surface area (TPSA) is 80.0 Å². The third kappa shape index (κ3) is 4.98. The van der Waals surface area contributed by atoms with E-state index in [9.17, 15) is 4.79 Å². The molecule has 1 heterocycles. The molecule has 2 rings (SSSR count). The lowest BCUT2D eigenvalue weighted by Crippen LogP contribution is -2.31. The summed E-state index contributed by atoms with van der Waals surface area (Å²) in [5.41, 5.74) is 0. The van der Waals surface area contributed by atoms with Crippen LogP contribution in [0.25, 0.3) is 0 Å². The van der Waals surface area contributed by atoms with Gasteiger partial charge in [-0.05, 0) is 25.8 Å². The summed E-state index contributed by atoms with van der Waals surface area (Å²) >= 11 is 0. The van der Waals surface area contributed by atoms with Crippen LogP contribution in [0.3, 0.4) is 0 Å². The van der Waals surface area contributed by atoms with Gasteiger partial charge in [0.1, 0.15) is 0 Å². The highest BCUT2D eigenvalue weighted by molar-refractivity contribution is 5.75. The number of amides is 1. The number of aryl methyl sites for hydroxylation is 1. The Morgan fingerprint density at radius 1 is 1.42 bits per heavy atom. The van der Waals surface area contributed by atoms with Crippen LogP contribution in [-0.4, -0.2) is 35.7 Å². The Morgan fingerprint density at radius 2 is 2.26 bits per heavy atom. The van der Waals surface area contributed by atoms with Crippen molar-refractivity contribution in [1.82, 2.24) is 20.8 Å². The summed E-state index contributed by atoms with van der Waals surface area (Å²) in [6.07, 6.45) is 4.29. The number of likely N-dealkylation sites (N-methyl/N-ethyl adjacent to an activating group) is 1. The summed E-state index contributed by atoms with van der Waals surface area (Å²) in [4.78, 5) is 15.9. The van der Waals surface area contributed by atoms with Crippen LogP contribution in [0.15, 0.2) is 4.52 Å². The van der Waals surface area contributed by atoms with E-state index in [1.807, 2.05) is 6.92 Å². The maximum atomic E-state index is 11.5. The van der Waals surface area contributed by atoms with Gasteiger partial charge in [-0.2, -0.15) is 4.98 Å². The number of aromatic nitrogens is 2. The fourth-order valence-corrected chi connectivity index (χ4v) is 1.83. The molecule has 0 bridgehead atoms. The Labute approximate surface area is 113 Å². The molecule has 1 aliphatic rings. The van der Waals surface area contributed by atoms with Crippen LogP contribution in [-0.2, 0) is 11.2 Å². The quantitative estimate of drug-likeness (QED) is 0.652. The summed E-state index contributed by atoms with van der Waals surface area (Å²) in [5, 5.41) is 9.98. The van der Waals surface area contributed by atoms with E-state index in [-0.39, 0.29) is 5.91 Å². The highest BCUT2D eigenvalue weighted by Gasteiger charge is 2.28. The molecule has 2 N–H and O–H groups in total. The van der Waals surface area contributed by atoms with Gasteiger partial charge < -0.3 is 15.2 Å². The molecule has 0 unspecified atom stereocenters. The molecule has 0 saturated heterocycles. The van der Waals surface area contributed by atoms with Gasteiger partial charge in [0.2, 0.25) is 11.8 Å². The van der Waals surface area contributed by atoms with Crippen molar-refractivity contribution in [2.24, 2.45) is 0 Å². The number of nitrogens with one attached hydrogen (secondary N) is 2. The first-order chi connectivity index (χ1) is 9.29. The molecule has 6 heteroatoms. The third-order valence-corrected chi connectivity index (χ3v) is 3.09. The molecule has 6 nitrogen and oxygen atoms in total. The first-order valence-corrected chi connectivity index (χ1v) is 7.09. The minimum atomic E-state index is 0.0832. The summed E-state index contributed by atoms with van der Waals surface area (Å²) in [7, 11) is 0. The van der Waals surface area contributed by atoms with E-state index >= 15 is 0 Å². The standard InChI is InChI=1S/C13H22N4O2/c1-2-14-8-9-15-11(18)4-3-5-12-16-13(17-19-12)10-6-7-10/h10,14H,2-9H2,1H3,(H,15,18). The van der Waals surface area contributed by atoms with Crippen molar-refractivity contribution >= 4 is 5.91 Å². The van der Waals surface area contributed by atoms with Crippen LogP contribution in [0.1, 0.15) is 50.2 Å². The van der Waals surface area contributed by atoms with Gasteiger partial charge in [0.05, 0.1) is 0 Å².